The van der Waals surface area contributed by atoms with Crippen LogP contribution in [0.3, 0.4) is 0 Å². The van der Waals surface area contributed by atoms with Crippen molar-refractivity contribution >= 4 is 16.1 Å². The Balaban J connectivity index is 3.12. The fourth-order valence-electron chi connectivity index (χ4n) is 1.53. The Hall–Kier alpha value is -1.02. The average Bonchev–Trinajstić information content (AvgIpc) is 2.04. The molecule has 13 heavy (non-hydrogen) atoms. The molecule has 0 heterocycles. The number of anilines is 1. The first-order valence-corrected chi connectivity index (χ1v) is 4.82. The summed E-state index contributed by atoms with van der Waals surface area (Å²) in [7, 11) is 3.30. The smallest absolute Gasteiger partial charge is 0.186 e. The van der Waals surface area contributed by atoms with Gasteiger partial charge < -0.3 is 4.98 Å². The van der Waals surface area contributed by atoms with E-state index in [9.17, 15) is 0 Å². The molecule has 0 aromatic heterocycles. The molecule has 1 aromatic rings. The van der Waals surface area contributed by atoms with Gasteiger partial charge in [0.25, 0.3) is 0 Å². The molecule has 0 atom stereocenters. The highest BCUT2D eigenvalue weighted by Crippen LogP contribution is 2.21. The van der Waals surface area contributed by atoms with Crippen LogP contribution in [0.1, 0.15) is 16.7 Å². The first-order chi connectivity index (χ1) is 6.19. The van der Waals surface area contributed by atoms with Crippen LogP contribution in [0.25, 0.3) is 0 Å². The summed E-state index contributed by atoms with van der Waals surface area (Å²) in [4.78, 5) is 3.01. The van der Waals surface area contributed by atoms with Crippen molar-refractivity contribution in [2.45, 2.75) is 20.3 Å². The minimum absolute atomic E-state index is 0.934. The maximum Gasteiger partial charge on any atom is 0.186 e. The van der Waals surface area contributed by atoms with E-state index in [4.69, 9.17) is 0 Å². The van der Waals surface area contributed by atoms with E-state index in [2.05, 4.69) is 47.9 Å². The van der Waals surface area contributed by atoms with Crippen LogP contribution in [0.4, 0.5) is 5.69 Å². The van der Waals surface area contributed by atoms with E-state index in [-0.39, 0.29) is 0 Å². The van der Waals surface area contributed by atoms with E-state index in [1.165, 1.54) is 16.7 Å². The molecule has 0 aliphatic carbocycles. The molecule has 0 aliphatic rings. The molecule has 2 heteroatoms. The second kappa shape index (κ2) is 4.28. The standard InChI is InChI=1S/C11H14NSi/c1-4-5-10-6-8(2)11(12-13)9(3)7-10/h4,6-7,12H,1,5H2,2-3H3. The van der Waals surface area contributed by atoms with E-state index in [1.807, 2.05) is 6.08 Å². The Morgan fingerprint density at radius 1 is 1.38 bits per heavy atom. The molecule has 0 saturated carbocycles. The normalized spacial score (nSPS) is 9.77. The highest BCUT2D eigenvalue weighted by Gasteiger charge is 2.01. The van der Waals surface area contributed by atoms with Crippen molar-refractivity contribution in [3.63, 3.8) is 0 Å². The van der Waals surface area contributed by atoms with Gasteiger partial charge in [-0.2, -0.15) is 0 Å². The molecule has 0 fully saturated rings. The van der Waals surface area contributed by atoms with E-state index in [1.54, 1.807) is 0 Å². The van der Waals surface area contributed by atoms with Crippen LogP contribution in [0, 0.1) is 13.8 Å². The van der Waals surface area contributed by atoms with Crippen molar-refractivity contribution in [1.82, 2.24) is 0 Å². The van der Waals surface area contributed by atoms with E-state index in [0.717, 1.165) is 12.1 Å². The van der Waals surface area contributed by atoms with Crippen molar-refractivity contribution in [3.8, 4) is 0 Å². The summed E-state index contributed by atoms with van der Waals surface area (Å²) in [5, 5.41) is 0. The number of hydrogen-bond donors (Lipinski definition) is 1. The molecule has 0 unspecified atom stereocenters. The van der Waals surface area contributed by atoms with Crippen molar-refractivity contribution in [2.24, 2.45) is 0 Å². The molecule has 1 aromatic carbocycles. The largest absolute Gasteiger partial charge is 0.412 e. The van der Waals surface area contributed by atoms with Gasteiger partial charge in [0.05, 0.1) is 0 Å². The third-order valence-corrected chi connectivity index (χ3v) is 2.35. The van der Waals surface area contributed by atoms with Crippen LogP contribution in [0.5, 0.6) is 0 Å². The van der Waals surface area contributed by atoms with Gasteiger partial charge in [0.15, 0.2) is 10.4 Å². The van der Waals surface area contributed by atoms with Crippen LogP contribution in [0.15, 0.2) is 24.8 Å². The minimum Gasteiger partial charge on any atom is -0.412 e. The highest BCUT2D eigenvalue weighted by molar-refractivity contribution is 6.16. The van der Waals surface area contributed by atoms with Crippen LogP contribution < -0.4 is 4.98 Å². The van der Waals surface area contributed by atoms with Gasteiger partial charge in [-0.1, -0.05) is 18.2 Å². The molecule has 67 valence electrons. The monoisotopic (exact) mass is 188 g/mol. The van der Waals surface area contributed by atoms with Gasteiger partial charge in [0.2, 0.25) is 0 Å². The molecule has 0 aliphatic heterocycles. The van der Waals surface area contributed by atoms with Crippen molar-refractivity contribution in [3.05, 3.63) is 41.5 Å². The average molecular weight is 188 g/mol. The van der Waals surface area contributed by atoms with E-state index in [0.29, 0.717) is 0 Å². The highest BCUT2D eigenvalue weighted by atomic mass is 28.2. The van der Waals surface area contributed by atoms with Gasteiger partial charge >= 0.3 is 0 Å². The Morgan fingerprint density at radius 3 is 2.31 bits per heavy atom. The summed E-state index contributed by atoms with van der Waals surface area (Å²) in [6.07, 6.45) is 2.86. The van der Waals surface area contributed by atoms with Gasteiger partial charge in [-0.05, 0) is 37.0 Å². The van der Waals surface area contributed by atoms with Crippen LogP contribution in [-0.4, -0.2) is 10.4 Å². The lowest BCUT2D eigenvalue weighted by molar-refractivity contribution is 1.23. The quantitative estimate of drug-likeness (QED) is 0.568. The number of aryl methyl sites for hydroxylation is 2. The molecular weight excluding hydrogens is 174 g/mol. The molecule has 1 rings (SSSR count). The predicted molar refractivity (Wildman–Crippen MR) is 59.2 cm³/mol. The predicted octanol–water partition coefficient (Wildman–Crippen LogP) is 2.53. The Labute approximate surface area is 83.4 Å². The molecular formula is C11H14NSi. The Kier molecular flexibility index (Phi) is 3.31. The third-order valence-electron chi connectivity index (χ3n) is 2.10. The summed E-state index contributed by atoms with van der Waals surface area (Å²) < 4.78 is 0. The summed E-state index contributed by atoms with van der Waals surface area (Å²) in [6, 6.07) is 4.36. The summed E-state index contributed by atoms with van der Waals surface area (Å²) in [6.45, 7) is 7.93. The number of rotatable bonds is 3. The second-order valence-electron chi connectivity index (χ2n) is 3.22. The Bertz CT molecular complexity index is 295. The zero-order chi connectivity index (χ0) is 9.84. The molecule has 0 amide bonds. The molecule has 3 radical (unpaired) electrons. The lowest BCUT2D eigenvalue weighted by atomic mass is 10.0. The second-order valence-corrected chi connectivity index (χ2v) is 3.47. The number of hydrogen-bond acceptors (Lipinski definition) is 1. The van der Waals surface area contributed by atoms with Gasteiger partial charge in [0, 0.05) is 5.69 Å². The SMILES string of the molecule is C=CCc1cc(C)c(N[Si])c(C)c1. The zero-order valence-corrected chi connectivity index (χ0v) is 9.15. The lowest BCUT2D eigenvalue weighted by Crippen LogP contribution is -1.98. The van der Waals surface area contributed by atoms with Gasteiger partial charge in [-0.15, -0.1) is 6.58 Å². The van der Waals surface area contributed by atoms with Crippen molar-refractivity contribution < 1.29 is 0 Å². The van der Waals surface area contributed by atoms with Gasteiger partial charge in [0.1, 0.15) is 0 Å². The molecule has 0 bridgehead atoms. The first kappa shape index (κ1) is 10.1. The van der Waals surface area contributed by atoms with E-state index < -0.39 is 0 Å². The third kappa shape index (κ3) is 2.22. The number of allylic oxidation sites excluding steroid dienone is 1. The molecule has 1 nitrogen and oxygen atoms in total. The van der Waals surface area contributed by atoms with Crippen LogP contribution in [0.2, 0.25) is 0 Å². The number of nitrogens with one attached hydrogen (secondary N) is 1. The summed E-state index contributed by atoms with van der Waals surface area (Å²) in [5.74, 6) is 0. The first-order valence-electron chi connectivity index (χ1n) is 4.32. The molecule has 0 saturated heterocycles. The maximum atomic E-state index is 3.73. The van der Waals surface area contributed by atoms with Crippen molar-refractivity contribution in [1.29, 1.82) is 0 Å². The molecule has 0 spiro atoms. The fourth-order valence-corrected chi connectivity index (χ4v) is 1.93. The summed E-state index contributed by atoms with van der Waals surface area (Å²) in [5.41, 5.74) is 4.99. The maximum absolute atomic E-state index is 3.73. The topological polar surface area (TPSA) is 12.0 Å². The van der Waals surface area contributed by atoms with Crippen molar-refractivity contribution in [2.75, 3.05) is 4.98 Å². The van der Waals surface area contributed by atoms with Crippen LogP contribution in [-0.2, 0) is 6.42 Å². The van der Waals surface area contributed by atoms with Crippen LogP contribution >= 0.6 is 0 Å². The van der Waals surface area contributed by atoms with Gasteiger partial charge in [-0.3, -0.25) is 0 Å². The summed E-state index contributed by atoms with van der Waals surface area (Å²) >= 11 is 0. The number of benzene rings is 1. The van der Waals surface area contributed by atoms with E-state index >= 15 is 0 Å². The van der Waals surface area contributed by atoms with Gasteiger partial charge in [-0.25, -0.2) is 0 Å². The zero-order valence-electron chi connectivity index (χ0n) is 8.15. The molecule has 1 N–H and O–H groups in total. The minimum atomic E-state index is 0.934. The fraction of sp³-hybridized carbons (Fsp3) is 0.273. The Morgan fingerprint density at radius 2 is 1.92 bits per heavy atom. The lowest BCUT2D eigenvalue weighted by Gasteiger charge is -2.11.